The van der Waals surface area contributed by atoms with Crippen LogP contribution in [0, 0.1) is 24.8 Å². The van der Waals surface area contributed by atoms with Gasteiger partial charge in [0.15, 0.2) is 0 Å². The monoisotopic (exact) mass is 494 g/mol. The van der Waals surface area contributed by atoms with E-state index in [2.05, 4.69) is 22.6 Å². The normalized spacial score (nSPS) is 15.4. The lowest BCUT2D eigenvalue weighted by atomic mass is 9.94. The Kier molecular flexibility index (Phi) is 9.93. The molecule has 0 heterocycles. The molecule has 4 amide bonds. The minimum absolute atomic E-state index is 0.0465. The van der Waals surface area contributed by atoms with Gasteiger partial charge in [-0.05, 0) is 51.3 Å². The molecule has 1 fully saturated rings. The Hall–Kier alpha value is -3.98. The lowest BCUT2D eigenvalue weighted by molar-refractivity contribution is -0.139. The second kappa shape index (κ2) is 12.6. The van der Waals surface area contributed by atoms with Crippen LogP contribution in [0.25, 0.3) is 0 Å². The van der Waals surface area contributed by atoms with Crippen LogP contribution in [0.1, 0.15) is 76.5 Å². The zero-order valence-corrected chi connectivity index (χ0v) is 21.0. The summed E-state index contributed by atoms with van der Waals surface area (Å²) in [6.45, 7) is 4.95. The van der Waals surface area contributed by atoms with E-state index in [1.54, 1.807) is 45.0 Å². The predicted molar refractivity (Wildman–Crippen MR) is 135 cm³/mol. The first-order valence-corrected chi connectivity index (χ1v) is 11.9. The number of amides is 4. The smallest absolute Gasteiger partial charge is 0.408 e. The van der Waals surface area contributed by atoms with Gasteiger partial charge >= 0.3 is 6.09 Å². The number of primary amides is 1. The molecule has 0 spiro atoms. The molecule has 9 nitrogen and oxygen atoms in total. The fourth-order valence-electron chi connectivity index (χ4n) is 3.99. The molecule has 2 rings (SSSR count). The summed E-state index contributed by atoms with van der Waals surface area (Å²) in [7, 11) is 0. The van der Waals surface area contributed by atoms with Crippen molar-refractivity contribution in [3.63, 3.8) is 0 Å². The first kappa shape index (κ1) is 28.3. The molecule has 2 unspecified atom stereocenters. The molecule has 0 aromatic heterocycles. The van der Waals surface area contributed by atoms with Gasteiger partial charge in [0.05, 0.1) is 6.42 Å². The lowest BCUT2D eigenvalue weighted by Crippen LogP contribution is -2.53. The van der Waals surface area contributed by atoms with Crippen molar-refractivity contribution < 1.29 is 23.9 Å². The number of nitrogens with zero attached hydrogens (tertiary/aromatic N) is 1. The molecule has 1 aromatic rings. The van der Waals surface area contributed by atoms with E-state index in [1.807, 2.05) is 0 Å². The Labute approximate surface area is 212 Å². The molecule has 0 saturated heterocycles. The molecule has 1 aliphatic rings. The predicted octanol–water partition coefficient (Wildman–Crippen LogP) is 2.35. The minimum Gasteiger partial charge on any atom is -0.444 e. The van der Waals surface area contributed by atoms with Crippen LogP contribution in [0.5, 0.6) is 0 Å². The quantitative estimate of drug-likeness (QED) is 0.377. The summed E-state index contributed by atoms with van der Waals surface area (Å²) in [6.07, 6.45) is 14.4. The largest absolute Gasteiger partial charge is 0.444 e. The van der Waals surface area contributed by atoms with Crippen LogP contribution in [0.4, 0.5) is 4.79 Å². The lowest BCUT2D eigenvalue weighted by Gasteiger charge is -2.32. The Morgan fingerprint density at radius 3 is 2.22 bits per heavy atom. The number of nitrogens with two attached hydrogens (primary N) is 1. The van der Waals surface area contributed by atoms with Crippen molar-refractivity contribution in [2.24, 2.45) is 5.73 Å². The van der Waals surface area contributed by atoms with Crippen LogP contribution >= 0.6 is 0 Å². The van der Waals surface area contributed by atoms with E-state index in [0.717, 1.165) is 37.0 Å². The molecule has 1 saturated carbocycles. The standard InChI is InChI=1S/C27H34N4O5/c1-6-18-13-15-19(16-14-18)23(24(33)29-20-11-9-8-10-12-20)31(7-2)25(34)21(17-22(28)32)30-26(35)36-27(3,4)5/h1-2,13-16,20-21,23H,8-12,17H2,3-5H3,(H2,28,32)(H,29,33)(H,30,35). The number of alkyl carbamates (subject to hydrolysis) is 1. The first-order chi connectivity index (χ1) is 16.9. The Balaban J connectivity index is 2.40. The van der Waals surface area contributed by atoms with Crippen LogP contribution in [0.3, 0.4) is 0 Å². The third-order valence-electron chi connectivity index (χ3n) is 5.62. The van der Waals surface area contributed by atoms with E-state index in [1.165, 1.54) is 0 Å². The molecule has 1 aliphatic carbocycles. The van der Waals surface area contributed by atoms with Gasteiger partial charge in [-0.2, -0.15) is 0 Å². The third kappa shape index (κ3) is 8.35. The summed E-state index contributed by atoms with van der Waals surface area (Å²) in [5.74, 6) is 0.325. The Bertz CT molecular complexity index is 1040. The highest BCUT2D eigenvalue weighted by atomic mass is 16.6. The topological polar surface area (TPSA) is 131 Å². The number of carbonyl (C=O) groups is 4. The summed E-state index contributed by atoms with van der Waals surface area (Å²) in [5, 5.41) is 5.35. The van der Waals surface area contributed by atoms with Crippen molar-refractivity contribution in [3.8, 4) is 24.8 Å². The van der Waals surface area contributed by atoms with E-state index >= 15 is 0 Å². The summed E-state index contributed by atoms with van der Waals surface area (Å²) in [4.78, 5) is 52.0. The SMILES string of the molecule is C#Cc1ccc(C(C(=O)NC2CCCCC2)N(C#C)C(=O)C(CC(N)=O)NC(=O)OC(C)(C)C)cc1. The maximum atomic E-state index is 13.5. The van der Waals surface area contributed by atoms with Crippen molar-refractivity contribution in [1.29, 1.82) is 0 Å². The fraction of sp³-hybridized carbons (Fsp3) is 0.481. The highest BCUT2D eigenvalue weighted by Crippen LogP contribution is 2.25. The maximum Gasteiger partial charge on any atom is 0.408 e. The van der Waals surface area contributed by atoms with Gasteiger partial charge in [0.1, 0.15) is 17.7 Å². The van der Waals surface area contributed by atoms with E-state index in [4.69, 9.17) is 23.3 Å². The van der Waals surface area contributed by atoms with Gasteiger partial charge in [-0.15, -0.1) is 6.42 Å². The van der Waals surface area contributed by atoms with Crippen molar-refractivity contribution in [2.45, 2.75) is 83.0 Å². The molecule has 36 heavy (non-hydrogen) atoms. The number of rotatable bonds is 8. The maximum absolute atomic E-state index is 13.5. The summed E-state index contributed by atoms with van der Waals surface area (Å²) >= 11 is 0. The van der Waals surface area contributed by atoms with E-state index in [0.29, 0.717) is 11.1 Å². The second-order valence-electron chi connectivity index (χ2n) is 9.72. The first-order valence-electron chi connectivity index (χ1n) is 11.9. The van der Waals surface area contributed by atoms with Crippen molar-refractivity contribution in [3.05, 3.63) is 35.4 Å². The zero-order valence-electron chi connectivity index (χ0n) is 21.0. The highest BCUT2D eigenvalue weighted by Gasteiger charge is 2.37. The van der Waals surface area contributed by atoms with Crippen molar-refractivity contribution >= 4 is 23.8 Å². The number of terminal acetylenes is 2. The molecular formula is C27H34N4O5. The van der Waals surface area contributed by atoms with Crippen LogP contribution in [0.2, 0.25) is 0 Å². The number of nitrogens with one attached hydrogen (secondary N) is 2. The van der Waals surface area contributed by atoms with Crippen LogP contribution in [-0.4, -0.2) is 46.4 Å². The van der Waals surface area contributed by atoms with Gasteiger partial charge in [-0.3, -0.25) is 19.3 Å². The van der Waals surface area contributed by atoms with Crippen molar-refractivity contribution in [2.75, 3.05) is 0 Å². The van der Waals surface area contributed by atoms with Crippen LogP contribution in [-0.2, 0) is 19.1 Å². The highest BCUT2D eigenvalue weighted by molar-refractivity contribution is 5.95. The molecular weight excluding hydrogens is 460 g/mol. The van der Waals surface area contributed by atoms with Gasteiger partial charge < -0.3 is 21.1 Å². The number of hydrogen-bond acceptors (Lipinski definition) is 5. The average Bonchev–Trinajstić information content (AvgIpc) is 2.80. The Morgan fingerprint density at radius 2 is 1.72 bits per heavy atom. The average molecular weight is 495 g/mol. The molecule has 9 heteroatoms. The van der Waals surface area contributed by atoms with Gasteiger partial charge in [0, 0.05) is 17.6 Å². The van der Waals surface area contributed by atoms with E-state index in [-0.39, 0.29) is 6.04 Å². The fourth-order valence-corrected chi connectivity index (χ4v) is 3.99. The Morgan fingerprint density at radius 1 is 1.11 bits per heavy atom. The van der Waals surface area contributed by atoms with E-state index in [9.17, 15) is 19.2 Å². The molecule has 4 N–H and O–H groups in total. The minimum atomic E-state index is -1.44. The summed E-state index contributed by atoms with van der Waals surface area (Å²) < 4.78 is 5.21. The number of hydrogen-bond donors (Lipinski definition) is 3. The number of ether oxygens (including phenoxy) is 1. The van der Waals surface area contributed by atoms with Gasteiger partial charge in [-0.25, -0.2) is 4.79 Å². The molecule has 2 atom stereocenters. The van der Waals surface area contributed by atoms with Gasteiger partial charge in [0.25, 0.3) is 5.91 Å². The zero-order chi connectivity index (χ0) is 26.9. The van der Waals surface area contributed by atoms with Crippen molar-refractivity contribution in [1.82, 2.24) is 15.5 Å². The van der Waals surface area contributed by atoms with Crippen LogP contribution < -0.4 is 16.4 Å². The van der Waals surface area contributed by atoms with Gasteiger partial charge in [0.2, 0.25) is 11.8 Å². The summed E-state index contributed by atoms with van der Waals surface area (Å²) in [6, 6.07) is 6.04. The molecule has 0 bridgehead atoms. The number of carbonyl (C=O) groups excluding carboxylic acids is 4. The molecule has 192 valence electrons. The van der Waals surface area contributed by atoms with Gasteiger partial charge in [-0.1, -0.05) is 43.7 Å². The van der Waals surface area contributed by atoms with E-state index < -0.39 is 47.9 Å². The second-order valence-corrected chi connectivity index (χ2v) is 9.72. The molecule has 1 aromatic carbocycles. The summed E-state index contributed by atoms with van der Waals surface area (Å²) in [5.41, 5.74) is 5.48. The molecule has 0 radical (unpaired) electrons. The third-order valence-corrected chi connectivity index (χ3v) is 5.62. The number of benzene rings is 1. The van der Waals surface area contributed by atoms with Crippen LogP contribution in [0.15, 0.2) is 24.3 Å². The molecule has 0 aliphatic heterocycles.